The Hall–Kier alpha value is -0.740. The summed E-state index contributed by atoms with van der Waals surface area (Å²) < 4.78 is 12.7. The number of hydrogen-bond donors (Lipinski definition) is 1. The lowest BCUT2D eigenvalue weighted by Gasteiger charge is -2.28. The van der Waals surface area contributed by atoms with E-state index in [0.717, 1.165) is 33.5 Å². The minimum absolute atomic E-state index is 0.325. The van der Waals surface area contributed by atoms with Crippen molar-refractivity contribution in [3.05, 3.63) is 21.7 Å². The Morgan fingerprint density at radius 2 is 1.89 bits per heavy atom. The third-order valence-corrected chi connectivity index (χ3v) is 3.87. The van der Waals surface area contributed by atoms with Crippen LogP contribution in [0.5, 0.6) is 11.5 Å². The molecule has 3 nitrogen and oxygen atoms in total. The molecule has 0 aliphatic carbocycles. The van der Waals surface area contributed by atoms with E-state index < -0.39 is 5.54 Å². The van der Waals surface area contributed by atoms with Crippen LogP contribution < -0.4 is 15.2 Å². The monoisotopic (exact) mass is 327 g/mol. The summed E-state index contributed by atoms with van der Waals surface area (Å²) in [4.78, 5) is 0. The van der Waals surface area contributed by atoms with Crippen LogP contribution in [0.1, 0.15) is 51.2 Å². The molecular formula is C15H22BrNO2. The van der Waals surface area contributed by atoms with Gasteiger partial charge in [0.05, 0.1) is 13.2 Å². The van der Waals surface area contributed by atoms with Gasteiger partial charge in [-0.1, -0.05) is 29.8 Å². The van der Waals surface area contributed by atoms with E-state index in [-0.39, 0.29) is 0 Å². The Labute approximate surface area is 123 Å². The van der Waals surface area contributed by atoms with Gasteiger partial charge in [0.15, 0.2) is 11.5 Å². The van der Waals surface area contributed by atoms with Crippen molar-refractivity contribution in [1.29, 1.82) is 0 Å². The fourth-order valence-corrected chi connectivity index (χ4v) is 3.44. The van der Waals surface area contributed by atoms with Crippen LogP contribution >= 0.6 is 15.9 Å². The highest BCUT2D eigenvalue weighted by Crippen LogP contribution is 2.46. The lowest BCUT2D eigenvalue weighted by Crippen LogP contribution is -2.31. The molecule has 0 radical (unpaired) electrons. The summed E-state index contributed by atoms with van der Waals surface area (Å²) in [5.74, 6) is 2.01. The molecule has 106 valence electrons. The summed E-state index contributed by atoms with van der Waals surface area (Å²) in [5.41, 5.74) is 8.17. The van der Waals surface area contributed by atoms with Gasteiger partial charge in [0.25, 0.3) is 0 Å². The van der Waals surface area contributed by atoms with Crippen molar-refractivity contribution in [3.63, 3.8) is 0 Å². The molecule has 1 aliphatic heterocycles. The van der Waals surface area contributed by atoms with Gasteiger partial charge in [0.1, 0.15) is 0 Å². The Morgan fingerprint density at radius 1 is 1.26 bits per heavy atom. The number of rotatable bonds is 2. The SMILES string of the molecule is CC(C)c1c2c(cc(Br)c1C(C)(C)N)OCCCO2. The summed E-state index contributed by atoms with van der Waals surface area (Å²) in [5, 5.41) is 0. The zero-order valence-electron chi connectivity index (χ0n) is 12.0. The summed E-state index contributed by atoms with van der Waals surface area (Å²) in [6.45, 7) is 9.74. The van der Waals surface area contributed by atoms with Crippen molar-refractivity contribution < 1.29 is 9.47 Å². The van der Waals surface area contributed by atoms with Crippen LogP contribution in [0.4, 0.5) is 0 Å². The number of hydrogen-bond acceptors (Lipinski definition) is 3. The van der Waals surface area contributed by atoms with Crippen LogP contribution in [0.15, 0.2) is 10.5 Å². The second kappa shape index (κ2) is 5.33. The highest BCUT2D eigenvalue weighted by Gasteiger charge is 2.29. The van der Waals surface area contributed by atoms with Crippen LogP contribution in [0, 0.1) is 0 Å². The molecule has 0 atom stereocenters. The van der Waals surface area contributed by atoms with Crippen LogP contribution in [-0.2, 0) is 5.54 Å². The van der Waals surface area contributed by atoms with Gasteiger partial charge < -0.3 is 15.2 Å². The maximum atomic E-state index is 6.34. The minimum atomic E-state index is -0.427. The lowest BCUT2D eigenvalue weighted by molar-refractivity contribution is 0.295. The number of benzene rings is 1. The molecule has 0 fully saturated rings. The van der Waals surface area contributed by atoms with Crippen LogP contribution in [0.25, 0.3) is 0 Å². The van der Waals surface area contributed by atoms with Crippen molar-refractivity contribution >= 4 is 15.9 Å². The lowest BCUT2D eigenvalue weighted by atomic mass is 9.85. The first-order chi connectivity index (χ1) is 8.82. The number of halogens is 1. The van der Waals surface area contributed by atoms with Gasteiger partial charge in [0, 0.05) is 22.0 Å². The van der Waals surface area contributed by atoms with Crippen molar-refractivity contribution in [2.24, 2.45) is 5.73 Å². The molecule has 4 heteroatoms. The van der Waals surface area contributed by atoms with Crippen molar-refractivity contribution in [3.8, 4) is 11.5 Å². The van der Waals surface area contributed by atoms with Gasteiger partial charge in [-0.2, -0.15) is 0 Å². The van der Waals surface area contributed by atoms with Crippen LogP contribution in [0.3, 0.4) is 0 Å². The number of ether oxygens (including phenoxy) is 2. The Bertz CT molecular complexity index is 478. The smallest absolute Gasteiger partial charge is 0.165 e. The van der Waals surface area contributed by atoms with Crippen molar-refractivity contribution in [2.75, 3.05) is 13.2 Å². The van der Waals surface area contributed by atoms with Gasteiger partial charge in [-0.05, 0) is 31.4 Å². The molecule has 1 aromatic carbocycles. The Balaban J connectivity index is 2.71. The van der Waals surface area contributed by atoms with E-state index in [1.54, 1.807) is 0 Å². The fourth-order valence-electron chi connectivity index (χ4n) is 2.50. The molecule has 0 spiro atoms. The molecule has 2 rings (SSSR count). The second-order valence-corrected chi connectivity index (χ2v) is 6.76. The van der Waals surface area contributed by atoms with E-state index in [1.165, 1.54) is 0 Å². The topological polar surface area (TPSA) is 44.5 Å². The summed E-state index contributed by atoms with van der Waals surface area (Å²) >= 11 is 3.64. The van der Waals surface area contributed by atoms with E-state index in [4.69, 9.17) is 15.2 Å². The zero-order valence-corrected chi connectivity index (χ0v) is 13.6. The standard InChI is InChI=1S/C15H22BrNO2/c1-9(2)12-13(15(3,4)17)10(16)8-11-14(12)19-7-5-6-18-11/h8-9H,5-7,17H2,1-4H3. The summed E-state index contributed by atoms with van der Waals surface area (Å²) in [6.07, 6.45) is 0.908. The average Bonchev–Trinajstić information content (AvgIpc) is 2.50. The van der Waals surface area contributed by atoms with E-state index in [0.29, 0.717) is 19.1 Å². The van der Waals surface area contributed by atoms with Crippen molar-refractivity contribution in [1.82, 2.24) is 0 Å². The number of fused-ring (bicyclic) bond motifs is 1. The highest BCUT2D eigenvalue weighted by atomic mass is 79.9. The second-order valence-electron chi connectivity index (χ2n) is 5.90. The van der Waals surface area contributed by atoms with E-state index in [2.05, 4.69) is 29.8 Å². The molecule has 2 N–H and O–H groups in total. The number of nitrogens with two attached hydrogens (primary N) is 1. The average molecular weight is 328 g/mol. The molecule has 0 saturated carbocycles. The fraction of sp³-hybridized carbons (Fsp3) is 0.600. The van der Waals surface area contributed by atoms with E-state index in [9.17, 15) is 0 Å². The van der Waals surface area contributed by atoms with E-state index in [1.807, 2.05) is 19.9 Å². The van der Waals surface area contributed by atoms with Crippen molar-refractivity contribution in [2.45, 2.75) is 45.6 Å². The van der Waals surface area contributed by atoms with Gasteiger partial charge in [-0.3, -0.25) is 0 Å². The molecule has 19 heavy (non-hydrogen) atoms. The largest absolute Gasteiger partial charge is 0.490 e. The first-order valence-corrected chi connectivity index (χ1v) is 7.53. The Morgan fingerprint density at radius 3 is 2.47 bits per heavy atom. The normalized spacial score (nSPS) is 15.5. The zero-order chi connectivity index (χ0) is 14.2. The van der Waals surface area contributed by atoms with Gasteiger partial charge in [0.2, 0.25) is 0 Å². The molecular weight excluding hydrogens is 306 g/mol. The first-order valence-electron chi connectivity index (χ1n) is 6.73. The summed E-state index contributed by atoms with van der Waals surface area (Å²) in [7, 11) is 0. The van der Waals surface area contributed by atoms with Gasteiger partial charge in [-0.25, -0.2) is 0 Å². The highest BCUT2D eigenvalue weighted by molar-refractivity contribution is 9.10. The molecule has 0 unspecified atom stereocenters. The molecule has 1 aromatic rings. The molecule has 1 heterocycles. The minimum Gasteiger partial charge on any atom is -0.490 e. The third kappa shape index (κ3) is 2.90. The molecule has 0 aromatic heterocycles. The Kier molecular flexibility index (Phi) is 4.11. The van der Waals surface area contributed by atoms with Gasteiger partial charge >= 0.3 is 0 Å². The molecule has 0 saturated heterocycles. The molecule has 0 amide bonds. The predicted molar refractivity (Wildman–Crippen MR) is 81.1 cm³/mol. The first kappa shape index (κ1) is 14.7. The molecule has 1 aliphatic rings. The third-order valence-electron chi connectivity index (χ3n) is 3.25. The maximum Gasteiger partial charge on any atom is 0.165 e. The van der Waals surface area contributed by atoms with Crippen LogP contribution in [-0.4, -0.2) is 13.2 Å². The quantitative estimate of drug-likeness (QED) is 0.895. The summed E-state index contributed by atoms with van der Waals surface area (Å²) in [6, 6.07) is 1.98. The van der Waals surface area contributed by atoms with Crippen LogP contribution in [0.2, 0.25) is 0 Å². The molecule has 0 bridgehead atoms. The van der Waals surface area contributed by atoms with Gasteiger partial charge in [-0.15, -0.1) is 0 Å². The maximum absolute atomic E-state index is 6.34. The predicted octanol–water partition coefficient (Wildman–Crippen LogP) is 3.93. The van der Waals surface area contributed by atoms with E-state index >= 15 is 0 Å².